The van der Waals surface area contributed by atoms with E-state index in [0.29, 0.717) is 35.8 Å². The van der Waals surface area contributed by atoms with E-state index in [2.05, 4.69) is 10.2 Å². The number of hydrogen-bond donors (Lipinski definition) is 0. The molecule has 0 spiro atoms. The summed E-state index contributed by atoms with van der Waals surface area (Å²) in [6.45, 7) is 0.916. The Morgan fingerprint density at radius 2 is 1.59 bits per heavy atom. The van der Waals surface area contributed by atoms with Gasteiger partial charge in [0.25, 0.3) is 0 Å². The average Bonchev–Trinajstić information content (AvgIpc) is 3.24. The van der Waals surface area contributed by atoms with E-state index in [4.69, 9.17) is 11.6 Å². The predicted molar refractivity (Wildman–Crippen MR) is 104 cm³/mol. The SMILES string of the molecule is O=S(=O)(c1cccc(-c2ccc(Cl)cc2)c1)N1CCC(n2nccn2)CC1. The first-order chi connectivity index (χ1) is 13.0. The van der Waals surface area contributed by atoms with Crippen molar-refractivity contribution in [1.29, 1.82) is 0 Å². The highest BCUT2D eigenvalue weighted by Gasteiger charge is 2.30. The number of rotatable bonds is 4. The van der Waals surface area contributed by atoms with Crippen molar-refractivity contribution in [3.8, 4) is 11.1 Å². The van der Waals surface area contributed by atoms with Crippen LogP contribution in [0.1, 0.15) is 18.9 Å². The van der Waals surface area contributed by atoms with E-state index < -0.39 is 10.0 Å². The largest absolute Gasteiger partial charge is 0.243 e. The first-order valence-electron chi connectivity index (χ1n) is 8.76. The molecule has 0 N–H and O–H groups in total. The Bertz CT molecular complexity index is 1010. The van der Waals surface area contributed by atoms with Crippen LogP contribution in [0.3, 0.4) is 0 Å². The van der Waals surface area contributed by atoms with Crippen molar-refractivity contribution in [1.82, 2.24) is 19.3 Å². The molecule has 0 unspecified atom stereocenters. The third-order valence-corrected chi connectivity index (χ3v) is 6.98. The first kappa shape index (κ1) is 18.2. The van der Waals surface area contributed by atoms with Crippen LogP contribution in [0, 0.1) is 0 Å². The molecule has 0 bridgehead atoms. The molecular weight excluding hydrogens is 384 g/mol. The maximum Gasteiger partial charge on any atom is 0.243 e. The van der Waals surface area contributed by atoms with Gasteiger partial charge in [-0.25, -0.2) is 8.42 Å². The summed E-state index contributed by atoms with van der Waals surface area (Å²) in [6.07, 6.45) is 4.69. The molecule has 3 aromatic rings. The van der Waals surface area contributed by atoms with Gasteiger partial charge in [0.15, 0.2) is 0 Å². The van der Waals surface area contributed by atoms with E-state index in [1.807, 2.05) is 18.2 Å². The van der Waals surface area contributed by atoms with Gasteiger partial charge in [0.2, 0.25) is 10.0 Å². The molecule has 0 saturated carbocycles. The van der Waals surface area contributed by atoms with Crippen LogP contribution < -0.4 is 0 Å². The van der Waals surface area contributed by atoms with Crippen LogP contribution in [0.2, 0.25) is 5.02 Å². The Labute approximate surface area is 163 Å². The van der Waals surface area contributed by atoms with Crippen LogP contribution in [0.4, 0.5) is 0 Å². The monoisotopic (exact) mass is 402 g/mol. The highest BCUT2D eigenvalue weighted by molar-refractivity contribution is 7.89. The quantitative estimate of drug-likeness (QED) is 0.668. The van der Waals surface area contributed by atoms with Crippen LogP contribution in [-0.2, 0) is 10.0 Å². The summed E-state index contributed by atoms with van der Waals surface area (Å²) in [5.41, 5.74) is 1.78. The van der Waals surface area contributed by atoms with Crippen LogP contribution in [-0.4, -0.2) is 40.8 Å². The molecule has 0 atom stereocenters. The minimum Gasteiger partial charge on any atom is -0.207 e. The normalized spacial score (nSPS) is 16.5. The molecule has 0 radical (unpaired) electrons. The van der Waals surface area contributed by atoms with E-state index >= 15 is 0 Å². The molecule has 1 aromatic heterocycles. The maximum atomic E-state index is 13.1. The van der Waals surface area contributed by atoms with Crippen molar-refractivity contribution in [2.45, 2.75) is 23.8 Å². The molecule has 0 aliphatic carbocycles. The number of sulfonamides is 1. The predicted octanol–water partition coefficient (Wildman–Crippen LogP) is 3.62. The van der Waals surface area contributed by atoms with Gasteiger partial charge in [-0.1, -0.05) is 35.9 Å². The zero-order valence-electron chi connectivity index (χ0n) is 14.6. The summed E-state index contributed by atoms with van der Waals surface area (Å²) < 4.78 is 27.7. The second kappa shape index (κ2) is 7.42. The molecule has 1 fully saturated rings. The second-order valence-corrected chi connectivity index (χ2v) is 8.89. The Balaban J connectivity index is 1.54. The second-order valence-electron chi connectivity index (χ2n) is 6.52. The smallest absolute Gasteiger partial charge is 0.207 e. The number of benzene rings is 2. The zero-order chi connectivity index (χ0) is 18.9. The minimum absolute atomic E-state index is 0.145. The third kappa shape index (κ3) is 3.76. The lowest BCUT2D eigenvalue weighted by Gasteiger charge is -2.30. The molecule has 2 heterocycles. The van der Waals surface area contributed by atoms with Gasteiger partial charge in [0.05, 0.1) is 23.3 Å². The molecule has 27 heavy (non-hydrogen) atoms. The molecule has 8 heteroatoms. The van der Waals surface area contributed by atoms with E-state index in [1.54, 1.807) is 51.8 Å². The average molecular weight is 403 g/mol. The molecule has 6 nitrogen and oxygen atoms in total. The van der Waals surface area contributed by atoms with Gasteiger partial charge in [-0.15, -0.1) is 0 Å². The van der Waals surface area contributed by atoms with Gasteiger partial charge in [0.1, 0.15) is 0 Å². The Hall–Kier alpha value is -2.22. The highest BCUT2D eigenvalue weighted by atomic mass is 35.5. The molecular formula is C19H19ClN4O2S. The topological polar surface area (TPSA) is 68.1 Å². The van der Waals surface area contributed by atoms with Crippen LogP contribution in [0.5, 0.6) is 0 Å². The van der Waals surface area contributed by atoms with Crippen molar-refractivity contribution >= 4 is 21.6 Å². The summed E-state index contributed by atoms with van der Waals surface area (Å²) in [4.78, 5) is 1.98. The fourth-order valence-corrected chi connectivity index (χ4v) is 5.00. The Morgan fingerprint density at radius 3 is 2.26 bits per heavy atom. The van der Waals surface area contributed by atoms with Gasteiger partial charge in [0, 0.05) is 18.1 Å². The number of hydrogen-bond acceptors (Lipinski definition) is 4. The summed E-state index contributed by atoms with van der Waals surface area (Å²) in [6, 6.07) is 14.6. The van der Waals surface area contributed by atoms with Gasteiger partial charge in [-0.3, -0.25) is 0 Å². The third-order valence-electron chi connectivity index (χ3n) is 4.84. The van der Waals surface area contributed by atoms with Crippen molar-refractivity contribution < 1.29 is 8.42 Å². The lowest BCUT2D eigenvalue weighted by Crippen LogP contribution is -2.39. The highest BCUT2D eigenvalue weighted by Crippen LogP contribution is 2.28. The number of piperidine rings is 1. The van der Waals surface area contributed by atoms with Crippen LogP contribution in [0.15, 0.2) is 65.8 Å². The van der Waals surface area contributed by atoms with Gasteiger partial charge in [-0.2, -0.15) is 19.3 Å². The fourth-order valence-electron chi connectivity index (χ4n) is 3.36. The van der Waals surface area contributed by atoms with E-state index in [0.717, 1.165) is 11.1 Å². The van der Waals surface area contributed by atoms with Gasteiger partial charge >= 0.3 is 0 Å². The molecule has 2 aromatic carbocycles. The minimum atomic E-state index is -3.54. The van der Waals surface area contributed by atoms with E-state index in [1.165, 1.54) is 0 Å². The summed E-state index contributed by atoms with van der Waals surface area (Å²) in [7, 11) is -3.54. The zero-order valence-corrected chi connectivity index (χ0v) is 16.1. The standard InChI is InChI=1S/C19H19ClN4O2S/c20-17-6-4-15(5-7-17)16-2-1-3-19(14-16)27(25,26)23-12-8-18(9-13-23)24-21-10-11-22-24/h1-7,10-11,14,18H,8-9,12-13H2. The summed E-state index contributed by atoms with van der Waals surface area (Å²) in [5, 5.41) is 8.98. The summed E-state index contributed by atoms with van der Waals surface area (Å²) in [5.74, 6) is 0. The lowest BCUT2D eigenvalue weighted by molar-refractivity contribution is 0.245. The van der Waals surface area contributed by atoms with Crippen molar-refractivity contribution in [3.63, 3.8) is 0 Å². The van der Waals surface area contributed by atoms with Crippen molar-refractivity contribution in [3.05, 3.63) is 65.9 Å². The molecule has 140 valence electrons. The Kier molecular flexibility index (Phi) is 4.99. The van der Waals surface area contributed by atoms with Crippen LogP contribution >= 0.6 is 11.6 Å². The molecule has 4 rings (SSSR count). The molecule has 1 saturated heterocycles. The summed E-state index contributed by atoms with van der Waals surface area (Å²) >= 11 is 5.94. The van der Waals surface area contributed by atoms with Crippen molar-refractivity contribution in [2.24, 2.45) is 0 Å². The maximum absolute atomic E-state index is 13.1. The number of aromatic nitrogens is 3. The number of halogens is 1. The van der Waals surface area contributed by atoms with E-state index in [-0.39, 0.29) is 6.04 Å². The Morgan fingerprint density at radius 1 is 0.926 bits per heavy atom. The van der Waals surface area contributed by atoms with Gasteiger partial charge < -0.3 is 0 Å². The van der Waals surface area contributed by atoms with Crippen LogP contribution in [0.25, 0.3) is 11.1 Å². The lowest BCUT2D eigenvalue weighted by atomic mass is 10.1. The fraction of sp³-hybridized carbons (Fsp3) is 0.263. The first-order valence-corrected chi connectivity index (χ1v) is 10.6. The van der Waals surface area contributed by atoms with E-state index in [9.17, 15) is 8.42 Å². The number of nitrogens with zero attached hydrogens (tertiary/aromatic N) is 4. The van der Waals surface area contributed by atoms with Crippen molar-refractivity contribution in [2.75, 3.05) is 13.1 Å². The molecule has 0 amide bonds. The molecule has 1 aliphatic heterocycles. The molecule has 1 aliphatic rings. The van der Waals surface area contributed by atoms with Gasteiger partial charge in [-0.05, 0) is 48.2 Å².